The first-order chi connectivity index (χ1) is 7.89. The van der Waals surface area contributed by atoms with Gasteiger partial charge in [0.1, 0.15) is 5.75 Å². The maximum absolute atomic E-state index is 11.6. The zero-order chi connectivity index (χ0) is 13.3. The van der Waals surface area contributed by atoms with Crippen molar-refractivity contribution in [3.63, 3.8) is 0 Å². The zero-order valence-electron chi connectivity index (χ0n) is 8.99. The fourth-order valence-electron chi connectivity index (χ4n) is 0.737. The van der Waals surface area contributed by atoms with Crippen LogP contribution in [0.3, 0.4) is 0 Å². The fourth-order valence-corrected chi connectivity index (χ4v) is 0.737. The second-order valence-corrected chi connectivity index (χ2v) is 2.64. The molecule has 0 fully saturated rings. The average Bonchev–Trinajstić information content (AvgIpc) is 2.17. The largest absolute Gasteiger partial charge is 0.487 e. The lowest BCUT2D eigenvalue weighted by molar-refractivity contribution is -0.148. The number of aliphatic hydroxyl groups excluding tert-OH is 1. The molecule has 0 atom stereocenters. The van der Waals surface area contributed by atoms with Crippen LogP contribution < -0.4 is 10.1 Å². The van der Waals surface area contributed by atoms with E-state index in [1.807, 2.05) is 0 Å². The summed E-state index contributed by atoms with van der Waals surface area (Å²) in [6.07, 6.45) is -6.32. The maximum Gasteiger partial charge on any atom is 0.487 e. The SMILES string of the molecule is CCO.O=C(NC(F)(F)F)Oc1ccccc1. The second-order valence-electron chi connectivity index (χ2n) is 2.64. The molecule has 0 aromatic heterocycles. The molecule has 0 radical (unpaired) electrons. The molecule has 0 aliphatic rings. The van der Waals surface area contributed by atoms with Gasteiger partial charge in [0.15, 0.2) is 0 Å². The van der Waals surface area contributed by atoms with Crippen LogP contribution in [0.4, 0.5) is 18.0 Å². The molecule has 7 heteroatoms. The lowest BCUT2D eigenvalue weighted by Gasteiger charge is -2.08. The van der Waals surface area contributed by atoms with Crippen LogP contribution in [-0.4, -0.2) is 24.1 Å². The Morgan fingerprint density at radius 1 is 1.35 bits per heavy atom. The van der Waals surface area contributed by atoms with Crippen molar-refractivity contribution < 1.29 is 27.8 Å². The molecule has 4 nitrogen and oxygen atoms in total. The molecule has 17 heavy (non-hydrogen) atoms. The van der Waals surface area contributed by atoms with E-state index in [1.165, 1.54) is 24.3 Å². The summed E-state index contributed by atoms with van der Waals surface area (Å²) >= 11 is 0. The molecular formula is C10H12F3NO3. The first-order valence-electron chi connectivity index (χ1n) is 4.61. The highest BCUT2D eigenvalue weighted by Crippen LogP contribution is 2.12. The van der Waals surface area contributed by atoms with Gasteiger partial charge in [0.05, 0.1) is 0 Å². The quantitative estimate of drug-likeness (QED) is 0.753. The van der Waals surface area contributed by atoms with Crippen molar-refractivity contribution in [1.29, 1.82) is 0 Å². The molecule has 1 aromatic carbocycles. The minimum absolute atomic E-state index is 0.0502. The van der Waals surface area contributed by atoms with Crippen LogP contribution in [0.25, 0.3) is 0 Å². The number of ether oxygens (including phenoxy) is 1. The van der Waals surface area contributed by atoms with Crippen LogP contribution in [0.1, 0.15) is 6.92 Å². The van der Waals surface area contributed by atoms with Crippen LogP contribution in [-0.2, 0) is 0 Å². The van der Waals surface area contributed by atoms with Crippen molar-refractivity contribution >= 4 is 6.09 Å². The Labute approximate surface area is 96.0 Å². The molecule has 0 saturated heterocycles. The van der Waals surface area contributed by atoms with E-state index < -0.39 is 12.4 Å². The minimum Gasteiger partial charge on any atom is -0.410 e. The molecular weight excluding hydrogens is 239 g/mol. The maximum atomic E-state index is 11.6. The van der Waals surface area contributed by atoms with Crippen LogP contribution in [0.15, 0.2) is 30.3 Å². The van der Waals surface area contributed by atoms with Crippen molar-refractivity contribution in [2.45, 2.75) is 13.2 Å². The first kappa shape index (κ1) is 15.2. The highest BCUT2D eigenvalue weighted by molar-refractivity contribution is 5.70. The van der Waals surface area contributed by atoms with Gasteiger partial charge in [-0.1, -0.05) is 18.2 Å². The van der Waals surface area contributed by atoms with Crippen molar-refractivity contribution in [1.82, 2.24) is 5.32 Å². The predicted molar refractivity (Wildman–Crippen MR) is 54.4 cm³/mol. The van der Waals surface area contributed by atoms with E-state index in [-0.39, 0.29) is 12.4 Å². The third kappa shape index (κ3) is 9.19. The van der Waals surface area contributed by atoms with Crippen LogP contribution in [0.5, 0.6) is 5.75 Å². The number of carbonyl (C=O) groups excluding carboxylic acids is 1. The van der Waals surface area contributed by atoms with Crippen LogP contribution in [0, 0.1) is 0 Å². The predicted octanol–water partition coefficient (Wildman–Crippen LogP) is 2.29. The van der Waals surface area contributed by atoms with E-state index in [1.54, 1.807) is 13.0 Å². The number of rotatable bonds is 1. The summed E-state index contributed by atoms with van der Waals surface area (Å²) in [5.74, 6) is 0.0502. The summed E-state index contributed by atoms with van der Waals surface area (Å²) < 4.78 is 39.1. The van der Waals surface area contributed by atoms with E-state index in [0.717, 1.165) is 0 Å². The zero-order valence-corrected chi connectivity index (χ0v) is 8.99. The number of amides is 1. The summed E-state index contributed by atoms with van der Waals surface area (Å²) in [7, 11) is 0. The Kier molecular flexibility index (Phi) is 6.73. The summed E-state index contributed by atoms with van der Waals surface area (Å²) in [4.78, 5) is 10.6. The van der Waals surface area contributed by atoms with Gasteiger partial charge in [0.25, 0.3) is 0 Å². The molecule has 0 heterocycles. The monoisotopic (exact) mass is 251 g/mol. The van der Waals surface area contributed by atoms with Crippen molar-refractivity contribution in [2.75, 3.05) is 6.61 Å². The number of nitrogens with one attached hydrogen (secondary N) is 1. The number of benzene rings is 1. The minimum atomic E-state index is -4.77. The molecule has 1 aromatic rings. The van der Waals surface area contributed by atoms with Gasteiger partial charge in [-0.05, 0) is 19.1 Å². The third-order valence-electron chi connectivity index (χ3n) is 1.20. The molecule has 0 spiro atoms. The van der Waals surface area contributed by atoms with Gasteiger partial charge in [-0.2, -0.15) is 13.2 Å². The molecule has 0 unspecified atom stereocenters. The van der Waals surface area contributed by atoms with Gasteiger partial charge in [-0.3, -0.25) is 0 Å². The third-order valence-corrected chi connectivity index (χ3v) is 1.20. The lowest BCUT2D eigenvalue weighted by atomic mass is 10.3. The number of alkyl halides is 3. The summed E-state index contributed by atoms with van der Waals surface area (Å²) in [6.45, 7) is 1.93. The molecule has 0 saturated carbocycles. The molecule has 1 amide bonds. The number of para-hydroxylation sites is 1. The Balaban J connectivity index is 0.000000770. The van der Waals surface area contributed by atoms with Crippen molar-refractivity contribution in [3.05, 3.63) is 30.3 Å². The van der Waals surface area contributed by atoms with Gasteiger partial charge in [-0.15, -0.1) is 0 Å². The smallest absolute Gasteiger partial charge is 0.410 e. The summed E-state index contributed by atoms with van der Waals surface area (Å²) in [5.41, 5.74) is 0. The highest BCUT2D eigenvalue weighted by Gasteiger charge is 2.31. The average molecular weight is 251 g/mol. The van der Waals surface area contributed by atoms with E-state index >= 15 is 0 Å². The molecule has 1 rings (SSSR count). The van der Waals surface area contributed by atoms with E-state index in [4.69, 9.17) is 5.11 Å². The van der Waals surface area contributed by atoms with Gasteiger partial charge < -0.3 is 9.84 Å². The number of hydrogen-bond acceptors (Lipinski definition) is 3. The summed E-state index contributed by atoms with van der Waals surface area (Å²) in [6, 6.07) is 7.47. The Bertz CT molecular complexity index is 327. The second kappa shape index (κ2) is 7.50. The Morgan fingerprint density at radius 3 is 2.24 bits per heavy atom. The van der Waals surface area contributed by atoms with Crippen molar-refractivity contribution in [3.8, 4) is 5.75 Å². The van der Waals surface area contributed by atoms with Gasteiger partial charge in [0, 0.05) is 6.61 Å². The van der Waals surface area contributed by atoms with E-state index in [9.17, 15) is 18.0 Å². The van der Waals surface area contributed by atoms with Gasteiger partial charge in [-0.25, -0.2) is 10.1 Å². The van der Waals surface area contributed by atoms with Gasteiger partial charge >= 0.3 is 12.4 Å². The number of carbonyl (C=O) groups is 1. The fraction of sp³-hybridized carbons (Fsp3) is 0.300. The van der Waals surface area contributed by atoms with Crippen molar-refractivity contribution in [2.24, 2.45) is 0 Å². The lowest BCUT2D eigenvalue weighted by Crippen LogP contribution is -2.39. The number of aliphatic hydroxyl groups is 1. The van der Waals surface area contributed by atoms with E-state index in [0.29, 0.717) is 5.32 Å². The Hall–Kier alpha value is -1.76. The molecule has 2 N–H and O–H groups in total. The number of hydrogen-bond donors (Lipinski definition) is 2. The molecule has 0 bridgehead atoms. The highest BCUT2D eigenvalue weighted by atomic mass is 19.4. The molecule has 0 aliphatic heterocycles. The standard InChI is InChI=1S/C8H6F3NO2.C2H6O/c9-8(10,11)12-7(13)14-6-4-2-1-3-5-6;1-2-3/h1-5H,(H,12,13);3H,2H2,1H3. The molecule has 96 valence electrons. The normalized spacial score (nSPS) is 9.94. The topological polar surface area (TPSA) is 58.6 Å². The van der Waals surface area contributed by atoms with Crippen LogP contribution >= 0.6 is 0 Å². The first-order valence-corrected chi connectivity index (χ1v) is 4.61. The molecule has 0 aliphatic carbocycles. The number of halogens is 3. The van der Waals surface area contributed by atoms with Gasteiger partial charge in [0.2, 0.25) is 0 Å². The van der Waals surface area contributed by atoms with E-state index in [2.05, 4.69) is 4.74 Å². The van der Waals surface area contributed by atoms with Crippen LogP contribution in [0.2, 0.25) is 0 Å². The Morgan fingerprint density at radius 2 is 1.82 bits per heavy atom. The summed E-state index contributed by atoms with van der Waals surface area (Å²) in [5, 5.41) is 8.28.